The number of carboxylic acids is 1. The lowest BCUT2D eigenvalue weighted by molar-refractivity contribution is -0.140. The number of carbonyl (C=O) groups is 3. The summed E-state index contributed by atoms with van der Waals surface area (Å²) in [5, 5.41) is 23.1. The second kappa shape index (κ2) is 32.5. The van der Waals surface area contributed by atoms with Gasteiger partial charge in [-0.15, -0.1) is 17.9 Å². The van der Waals surface area contributed by atoms with Gasteiger partial charge in [0, 0.05) is 47.2 Å². The Morgan fingerprint density at radius 1 is 1.02 bits per heavy atom. The Morgan fingerprint density at radius 2 is 1.67 bits per heavy atom. The van der Waals surface area contributed by atoms with Crippen molar-refractivity contribution in [1.29, 1.82) is 0 Å². The standard InChI is InChI=1S/C18H28FN3O3.C16H17N3O2S.C7H13NO2.C7H14.C2H6/c1-12(2)16(17(23)14-6-8-15(19)9-7-14)22-18(24)21-11-25-10-4-5-13(3)20;1-9(2)17-16-19-14(8-22-16)13-7-15(20)11-5-4-10(21-3)6-12(11)18-13;1-4-5(2)6(8-3)7(9)10;1-7-5-3-2-4-6-7;1-2/h6-9,12-13,16H,4-5,10-11,20H2,1-3H3,(H2,21,22,24);4-9H,1-3H3,(H,17,19)(H,18,20);4-6,8H,1H2,2-3H3,(H,9,10);7H,2-6H2,1H3;1-2H3/t13-,16?;;;;/m1..../s1. The maximum Gasteiger partial charge on any atom is 0.321 e. The van der Waals surface area contributed by atoms with Gasteiger partial charge in [-0.25, -0.2) is 14.2 Å². The molecule has 5 rings (SSSR count). The van der Waals surface area contributed by atoms with E-state index in [1.54, 1.807) is 38.4 Å². The second-order valence-electron chi connectivity index (χ2n) is 16.7. The molecule has 2 heterocycles. The molecule has 0 aliphatic heterocycles. The number of amides is 2. The van der Waals surface area contributed by atoms with Gasteiger partial charge in [0.05, 0.1) is 30.1 Å². The molecule has 2 aromatic heterocycles. The number of Topliss-reactive ketones (excluding diaryl/α,β-unsaturated/α-hetero) is 1. The lowest BCUT2D eigenvalue weighted by Crippen LogP contribution is -2.49. The number of methoxy groups -OCH3 is 1. The number of nitrogens with two attached hydrogens (primary N) is 1. The molecule has 1 fully saturated rings. The molecule has 2 aromatic carbocycles. The molecule has 0 spiro atoms. The number of rotatable bonds is 18. The fraction of sp³-hybridized carbons (Fsp3) is 0.540. The van der Waals surface area contributed by atoms with Crippen molar-refractivity contribution in [3.05, 3.63) is 88.2 Å². The number of likely N-dealkylation sites (N-methyl/N-ethyl adjacent to an activating group) is 1. The largest absolute Gasteiger partial charge is 0.497 e. The van der Waals surface area contributed by atoms with Crippen LogP contribution in [0.2, 0.25) is 0 Å². The number of thiazole rings is 1. The molecule has 16 heteroatoms. The Morgan fingerprint density at radius 3 is 2.17 bits per heavy atom. The van der Waals surface area contributed by atoms with Crippen LogP contribution in [0.5, 0.6) is 5.75 Å². The molecule has 1 aliphatic rings. The summed E-state index contributed by atoms with van der Waals surface area (Å²) in [6, 6.07) is 11.0. The highest BCUT2D eigenvalue weighted by molar-refractivity contribution is 7.14. The molecular formula is C50H78FN7O7S. The predicted molar refractivity (Wildman–Crippen MR) is 269 cm³/mol. The maximum atomic E-state index is 13.0. The zero-order valence-corrected chi connectivity index (χ0v) is 41.9. The summed E-state index contributed by atoms with van der Waals surface area (Å²) in [7, 11) is 3.23. The van der Waals surface area contributed by atoms with E-state index in [1.807, 2.05) is 53.0 Å². The maximum absolute atomic E-state index is 13.0. The average molecular weight is 940 g/mol. The topological polar surface area (TPSA) is 210 Å². The number of ether oxygens (including phenoxy) is 2. The average Bonchev–Trinajstić information content (AvgIpc) is 3.76. The van der Waals surface area contributed by atoms with E-state index >= 15 is 0 Å². The first-order chi connectivity index (χ1) is 31.4. The van der Waals surface area contributed by atoms with Crippen molar-refractivity contribution in [2.75, 3.05) is 32.8 Å². The van der Waals surface area contributed by atoms with E-state index in [0.717, 1.165) is 35.1 Å². The molecule has 0 radical (unpaired) electrons. The van der Waals surface area contributed by atoms with Crippen LogP contribution in [0, 0.1) is 23.6 Å². The van der Waals surface area contributed by atoms with Gasteiger partial charge in [0.15, 0.2) is 16.3 Å². The van der Waals surface area contributed by atoms with Gasteiger partial charge in [-0.2, -0.15) is 0 Å². The summed E-state index contributed by atoms with van der Waals surface area (Å²) in [6.07, 6.45) is 10.7. The highest BCUT2D eigenvalue weighted by Gasteiger charge is 2.25. The molecule has 8 N–H and O–H groups in total. The van der Waals surface area contributed by atoms with Crippen molar-refractivity contribution in [2.45, 2.75) is 131 Å². The first-order valence-corrected chi connectivity index (χ1v) is 23.9. The second-order valence-corrected chi connectivity index (χ2v) is 17.5. The number of halogens is 1. The van der Waals surface area contributed by atoms with Crippen LogP contribution in [0.4, 0.5) is 14.3 Å². The van der Waals surface area contributed by atoms with E-state index in [9.17, 15) is 23.6 Å². The predicted octanol–water partition coefficient (Wildman–Crippen LogP) is 10.0. The molecule has 3 unspecified atom stereocenters. The quantitative estimate of drug-likeness (QED) is 0.0216. The van der Waals surface area contributed by atoms with Crippen LogP contribution >= 0.6 is 11.3 Å². The van der Waals surface area contributed by atoms with E-state index in [-0.39, 0.29) is 35.8 Å². The number of urea groups is 1. The van der Waals surface area contributed by atoms with Crippen LogP contribution in [-0.4, -0.2) is 84.5 Å². The number of nitrogens with one attached hydrogen (secondary N) is 5. The van der Waals surface area contributed by atoms with Crippen molar-refractivity contribution < 1.29 is 33.4 Å². The number of carboxylic acid groups (broad SMARTS) is 1. The number of pyridine rings is 1. The Kier molecular flexibility index (Phi) is 29.0. The normalized spacial score (nSPS) is 13.9. The van der Waals surface area contributed by atoms with Crippen molar-refractivity contribution in [3.63, 3.8) is 0 Å². The molecule has 4 aromatic rings. The number of nitrogens with zero attached hydrogens (tertiary/aromatic N) is 1. The summed E-state index contributed by atoms with van der Waals surface area (Å²) in [5.41, 5.74) is 8.17. The van der Waals surface area contributed by atoms with Crippen LogP contribution in [-0.2, 0) is 9.53 Å². The summed E-state index contributed by atoms with van der Waals surface area (Å²) in [5.74, 6) is 0.0784. The molecule has 66 heavy (non-hydrogen) atoms. The Labute approximate surface area is 396 Å². The van der Waals surface area contributed by atoms with Gasteiger partial charge in [0.2, 0.25) is 0 Å². The van der Waals surface area contributed by atoms with Gasteiger partial charge < -0.3 is 46.6 Å². The van der Waals surface area contributed by atoms with Crippen molar-refractivity contribution in [2.24, 2.45) is 23.5 Å². The molecule has 2 amide bonds. The number of aliphatic carboxylic acids is 1. The minimum absolute atomic E-state index is 0.0298. The Bertz CT molecular complexity index is 2070. The number of hydrogen-bond donors (Lipinski definition) is 7. The minimum atomic E-state index is -0.838. The van der Waals surface area contributed by atoms with Crippen molar-refractivity contribution in [3.8, 4) is 17.1 Å². The van der Waals surface area contributed by atoms with Crippen LogP contribution in [0.15, 0.2) is 71.4 Å². The highest BCUT2D eigenvalue weighted by atomic mass is 32.1. The van der Waals surface area contributed by atoms with Gasteiger partial charge in [0.25, 0.3) is 0 Å². The molecule has 1 aliphatic carbocycles. The third-order valence-electron chi connectivity index (χ3n) is 10.2. The molecule has 368 valence electrons. The molecule has 1 saturated carbocycles. The zero-order valence-electron chi connectivity index (χ0n) is 41.1. The first-order valence-electron chi connectivity index (χ1n) is 23.0. The van der Waals surface area contributed by atoms with E-state index in [1.165, 1.54) is 67.7 Å². The van der Waals surface area contributed by atoms with Crippen LogP contribution in [0.25, 0.3) is 22.3 Å². The van der Waals surface area contributed by atoms with Gasteiger partial charge >= 0.3 is 12.0 Å². The molecular weight excluding hydrogens is 862 g/mol. The number of aromatic amines is 1. The highest BCUT2D eigenvalue weighted by Crippen LogP contribution is 2.26. The minimum Gasteiger partial charge on any atom is -0.497 e. The van der Waals surface area contributed by atoms with Crippen LogP contribution < -0.4 is 37.2 Å². The number of H-pyrrole nitrogens is 1. The summed E-state index contributed by atoms with van der Waals surface area (Å²) in [4.78, 5) is 54.9. The number of anilines is 1. The molecule has 14 nitrogen and oxygen atoms in total. The van der Waals surface area contributed by atoms with Gasteiger partial charge in [-0.1, -0.05) is 79.7 Å². The third kappa shape index (κ3) is 22.4. The Hall–Kier alpha value is -5.16. The first kappa shape index (κ1) is 58.9. The van der Waals surface area contributed by atoms with Crippen molar-refractivity contribution >= 4 is 45.2 Å². The van der Waals surface area contributed by atoms with E-state index in [0.29, 0.717) is 35.0 Å². The third-order valence-corrected chi connectivity index (χ3v) is 11.0. The number of ketones is 1. The zero-order chi connectivity index (χ0) is 49.8. The van der Waals surface area contributed by atoms with Crippen LogP contribution in [0.1, 0.15) is 118 Å². The summed E-state index contributed by atoms with van der Waals surface area (Å²) < 4.78 is 23.5. The van der Waals surface area contributed by atoms with E-state index in [2.05, 4.69) is 58.6 Å². The van der Waals surface area contributed by atoms with Gasteiger partial charge in [0.1, 0.15) is 24.3 Å². The lowest BCUT2D eigenvalue weighted by Gasteiger charge is -2.21. The van der Waals surface area contributed by atoms with E-state index in [4.69, 9.17) is 20.3 Å². The molecule has 4 atom stereocenters. The number of aromatic nitrogens is 2. The monoisotopic (exact) mass is 940 g/mol. The SMILES string of the molecule is C=CC(C)C(NC)C(=O)O.CC.CC(C)C(NC(=O)NCOCCC[C@@H](C)N)C(=O)c1ccc(F)cc1.CC1CCCCC1.COc1ccc2c(=O)cc(-c3csc(NC(C)C)n3)[nH]c2c1. The number of carbonyl (C=O) groups excluding carboxylic acids is 2. The molecule has 0 saturated heterocycles. The summed E-state index contributed by atoms with van der Waals surface area (Å²) in [6.45, 7) is 21.9. The van der Waals surface area contributed by atoms with Gasteiger partial charge in [-0.3, -0.25) is 14.4 Å². The van der Waals surface area contributed by atoms with Crippen LogP contribution in [0.3, 0.4) is 0 Å². The fourth-order valence-corrected chi connectivity index (χ4v) is 7.34. The Balaban J connectivity index is 0.000000479. The summed E-state index contributed by atoms with van der Waals surface area (Å²) >= 11 is 1.52. The smallest absolute Gasteiger partial charge is 0.321 e. The number of benzene rings is 2. The fourth-order valence-electron chi connectivity index (χ4n) is 6.48. The molecule has 0 bridgehead atoms. The van der Waals surface area contributed by atoms with Gasteiger partial charge in [-0.05, 0) is 94.8 Å². The van der Waals surface area contributed by atoms with E-state index < -0.39 is 29.9 Å². The number of hydrogen-bond acceptors (Lipinski definition) is 11. The van der Waals surface area contributed by atoms with Crippen molar-refractivity contribution in [1.82, 2.24) is 25.9 Å². The lowest BCUT2D eigenvalue weighted by atomic mass is 9.91. The number of fused-ring (bicyclic) bond motifs is 1.